The van der Waals surface area contributed by atoms with E-state index in [1.54, 1.807) is 31.3 Å². The second kappa shape index (κ2) is 6.07. The minimum Gasteiger partial charge on any atom is -0.508 e. The Labute approximate surface area is 132 Å². The van der Waals surface area contributed by atoms with Gasteiger partial charge in [0.05, 0.1) is 10.6 Å². The molecular formula is C17H14N2O2S. The summed E-state index contributed by atoms with van der Waals surface area (Å²) in [6.07, 6.45) is 1.86. The number of carbonyl (C=O) groups is 1. The maximum atomic E-state index is 12.3. The van der Waals surface area contributed by atoms with E-state index in [1.807, 2.05) is 36.4 Å². The number of nitrogens with zero attached hydrogens (tertiary/aromatic N) is 2. The Bertz CT molecular complexity index is 769. The molecule has 3 rings (SSSR count). The molecule has 1 N–H and O–H groups in total. The van der Waals surface area contributed by atoms with Crippen LogP contribution in [0.3, 0.4) is 0 Å². The average Bonchev–Trinajstić information content (AvgIpc) is 2.77. The standard InChI is InChI=1S/C17H14N2O2S/c1-19-16(21)15(10-12-6-3-2-4-7-12)22-17(19)18-13-8-5-9-14(20)11-13/h2-11,20H,1H3/b15-10-,18-17?. The number of thioether (sulfide) groups is 1. The third-order valence-corrected chi connectivity index (χ3v) is 4.22. The molecule has 0 aliphatic carbocycles. The fraction of sp³-hybridized carbons (Fsp3) is 0.0588. The average molecular weight is 310 g/mol. The molecule has 0 aromatic heterocycles. The van der Waals surface area contributed by atoms with Gasteiger partial charge >= 0.3 is 0 Å². The lowest BCUT2D eigenvalue weighted by Gasteiger charge is -2.07. The summed E-state index contributed by atoms with van der Waals surface area (Å²) < 4.78 is 0. The number of likely N-dealkylation sites (N-methyl/N-ethyl adjacent to an activating group) is 1. The predicted molar refractivity (Wildman–Crippen MR) is 90.0 cm³/mol. The molecule has 1 fully saturated rings. The zero-order valence-corrected chi connectivity index (χ0v) is 12.7. The van der Waals surface area contributed by atoms with E-state index in [0.717, 1.165) is 5.56 Å². The van der Waals surface area contributed by atoms with E-state index >= 15 is 0 Å². The van der Waals surface area contributed by atoms with E-state index in [2.05, 4.69) is 4.99 Å². The van der Waals surface area contributed by atoms with Crippen molar-refractivity contribution < 1.29 is 9.90 Å². The normalized spacial score (nSPS) is 18.4. The molecule has 110 valence electrons. The van der Waals surface area contributed by atoms with Crippen molar-refractivity contribution >= 4 is 34.6 Å². The van der Waals surface area contributed by atoms with Crippen molar-refractivity contribution in [2.45, 2.75) is 0 Å². The van der Waals surface area contributed by atoms with Crippen LogP contribution in [0.1, 0.15) is 5.56 Å². The van der Waals surface area contributed by atoms with Crippen molar-refractivity contribution in [3.8, 4) is 5.75 Å². The maximum Gasteiger partial charge on any atom is 0.266 e. The summed E-state index contributed by atoms with van der Waals surface area (Å²) in [7, 11) is 1.70. The predicted octanol–water partition coefficient (Wildman–Crippen LogP) is 3.63. The summed E-state index contributed by atoms with van der Waals surface area (Å²) in [6, 6.07) is 16.3. The van der Waals surface area contributed by atoms with Crippen LogP contribution in [0.5, 0.6) is 5.75 Å². The van der Waals surface area contributed by atoms with E-state index in [0.29, 0.717) is 15.8 Å². The van der Waals surface area contributed by atoms with Crippen molar-refractivity contribution in [2.75, 3.05) is 7.05 Å². The SMILES string of the molecule is CN1C(=O)/C(=C/c2ccccc2)SC1=Nc1cccc(O)c1. The first-order chi connectivity index (χ1) is 10.6. The lowest BCUT2D eigenvalue weighted by atomic mass is 10.2. The van der Waals surface area contributed by atoms with Gasteiger partial charge in [0.1, 0.15) is 5.75 Å². The molecule has 1 aliphatic rings. The summed E-state index contributed by atoms with van der Waals surface area (Å²) in [5.74, 6) is 0.0756. The third-order valence-electron chi connectivity index (χ3n) is 3.16. The Morgan fingerprint density at radius 3 is 2.64 bits per heavy atom. The van der Waals surface area contributed by atoms with Gasteiger partial charge in [0.25, 0.3) is 5.91 Å². The van der Waals surface area contributed by atoms with Crippen molar-refractivity contribution in [2.24, 2.45) is 4.99 Å². The number of benzene rings is 2. The van der Waals surface area contributed by atoms with Crippen molar-refractivity contribution in [3.05, 3.63) is 65.1 Å². The number of rotatable bonds is 2. The van der Waals surface area contributed by atoms with E-state index in [9.17, 15) is 9.90 Å². The van der Waals surface area contributed by atoms with Crippen LogP contribution < -0.4 is 0 Å². The van der Waals surface area contributed by atoms with Gasteiger partial charge in [0.2, 0.25) is 0 Å². The van der Waals surface area contributed by atoms with Gasteiger partial charge in [-0.25, -0.2) is 4.99 Å². The number of amides is 1. The Morgan fingerprint density at radius 1 is 1.14 bits per heavy atom. The van der Waals surface area contributed by atoms with Crippen molar-refractivity contribution in [3.63, 3.8) is 0 Å². The summed E-state index contributed by atoms with van der Waals surface area (Å²) in [6.45, 7) is 0. The first-order valence-electron chi connectivity index (χ1n) is 6.74. The van der Waals surface area contributed by atoms with Crippen LogP contribution in [0, 0.1) is 0 Å². The van der Waals surface area contributed by atoms with Gasteiger partial charge in [-0.15, -0.1) is 0 Å². The van der Waals surface area contributed by atoms with Gasteiger partial charge in [-0.1, -0.05) is 36.4 Å². The summed E-state index contributed by atoms with van der Waals surface area (Å²) in [5, 5.41) is 10.1. The van der Waals surface area contributed by atoms with E-state index in [1.165, 1.54) is 16.7 Å². The van der Waals surface area contributed by atoms with Crippen molar-refractivity contribution in [1.29, 1.82) is 0 Å². The van der Waals surface area contributed by atoms with E-state index < -0.39 is 0 Å². The molecule has 0 atom stereocenters. The van der Waals surface area contributed by atoms with Gasteiger partial charge in [0.15, 0.2) is 5.17 Å². The number of hydrogen-bond donors (Lipinski definition) is 1. The van der Waals surface area contributed by atoms with Gasteiger partial charge < -0.3 is 5.11 Å². The molecule has 5 heteroatoms. The largest absolute Gasteiger partial charge is 0.508 e. The zero-order valence-electron chi connectivity index (χ0n) is 11.9. The Kier molecular flexibility index (Phi) is 3.98. The molecule has 22 heavy (non-hydrogen) atoms. The minimum atomic E-state index is -0.0762. The summed E-state index contributed by atoms with van der Waals surface area (Å²) in [4.78, 5) is 18.9. The second-order valence-electron chi connectivity index (χ2n) is 4.80. The number of phenols is 1. The lowest BCUT2D eigenvalue weighted by Crippen LogP contribution is -2.23. The molecule has 4 nitrogen and oxygen atoms in total. The van der Waals surface area contributed by atoms with Crippen LogP contribution in [0.25, 0.3) is 6.08 Å². The molecule has 1 heterocycles. The summed E-state index contributed by atoms with van der Waals surface area (Å²) in [5.41, 5.74) is 1.59. The zero-order chi connectivity index (χ0) is 15.5. The topological polar surface area (TPSA) is 52.9 Å². The first kappa shape index (κ1) is 14.4. The van der Waals surface area contributed by atoms with Gasteiger partial charge in [-0.3, -0.25) is 9.69 Å². The highest BCUT2D eigenvalue weighted by Gasteiger charge is 2.30. The monoisotopic (exact) mass is 310 g/mol. The van der Waals surface area contributed by atoms with Gasteiger partial charge in [-0.05, 0) is 35.5 Å². The molecule has 1 amide bonds. The van der Waals surface area contributed by atoms with Crippen LogP contribution in [-0.4, -0.2) is 28.1 Å². The van der Waals surface area contributed by atoms with Crippen LogP contribution in [-0.2, 0) is 4.79 Å². The molecule has 0 bridgehead atoms. The second-order valence-corrected chi connectivity index (χ2v) is 5.81. The number of amidine groups is 1. The molecule has 0 spiro atoms. The molecule has 0 radical (unpaired) electrons. The highest BCUT2D eigenvalue weighted by atomic mass is 32.2. The van der Waals surface area contributed by atoms with E-state index in [4.69, 9.17) is 0 Å². The van der Waals surface area contributed by atoms with Gasteiger partial charge in [-0.2, -0.15) is 0 Å². The quantitative estimate of drug-likeness (QED) is 0.862. The van der Waals surface area contributed by atoms with Gasteiger partial charge in [0, 0.05) is 13.1 Å². The first-order valence-corrected chi connectivity index (χ1v) is 7.55. The van der Waals surface area contributed by atoms with E-state index in [-0.39, 0.29) is 11.7 Å². The van der Waals surface area contributed by atoms with Crippen molar-refractivity contribution in [1.82, 2.24) is 4.90 Å². The molecule has 1 saturated heterocycles. The Balaban J connectivity index is 1.90. The molecule has 0 unspecified atom stereocenters. The highest BCUT2D eigenvalue weighted by Crippen LogP contribution is 2.33. The van der Waals surface area contributed by atoms with Crippen LogP contribution >= 0.6 is 11.8 Å². The maximum absolute atomic E-state index is 12.3. The number of carbonyl (C=O) groups excluding carboxylic acids is 1. The fourth-order valence-electron chi connectivity index (χ4n) is 2.03. The van der Waals surface area contributed by atoms with Crippen LogP contribution in [0.4, 0.5) is 5.69 Å². The molecule has 1 aliphatic heterocycles. The lowest BCUT2D eigenvalue weighted by molar-refractivity contribution is -0.121. The summed E-state index contributed by atoms with van der Waals surface area (Å²) >= 11 is 1.33. The Hall–Kier alpha value is -2.53. The number of aliphatic imine (C=N–C) groups is 1. The smallest absolute Gasteiger partial charge is 0.266 e. The fourth-order valence-corrected chi connectivity index (χ4v) is 3.01. The number of aromatic hydroxyl groups is 1. The Morgan fingerprint density at radius 2 is 1.91 bits per heavy atom. The number of phenolic OH excluding ortho intramolecular Hbond substituents is 1. The highest BCUT2D eigenvalue weighted by molar-refractivity contribution is 8.18. The van der Waals surface area contributed by atoms with Crippen LogP contribution in [0.2, 0.25) is 0 Å². The minimum absolute atomic E-state index is 0.0762. The molecule has 2 aromatic rings. The number of hydrogen-bond acceptors (Lipinski definition) is 4. The third kappa shape index (κ3) is 3.04. The molecule has 2 aromatic carbocycles. The molecule has 0 saturated carbocycles. The molecular weight excluding hydrogens is 296 g/mol. The van der Waals surface area contributed by atoms with Crippen LogP contribution in [0.15, 0.2) is 64.5 Å².